The lowest BCUT2D eigenvalue weighted by Crippen LogP contribution is -2.29. The summed E-state index contributed by atoms with van der Waals surface area (Å²) in [6.45, 7) is 1.41. The summed E-state index contributed by atoms with van der Waals surface area (Å²) in [6, 6.07) is 7.93. The molecule has 1 aromatic rings. The summed E-state index contributed by atoms with van der Waals surface area (Å²) in [5.41, 5.74) is 1.13. The molecule has 0 bridgehead atoms. The van der Waals surface area contributed by atoms with Crippen molar-refractivity contribution in [2.75, 3.05) is 26.0 Å². The molecule has 1 unspecified atom stereocenters. The second kappa shape index (κ2) is 6.89. The van der Waals surface area contributed by atoms with Crippen LogP contribution in [0.4, 0.5) is 0 Å². The maximum atomic E-state index is 9.51. The van der Waals surface area contributed by atoms with Gasteiger partial charge in [0.2, 0.25) is 0 Å². The lowest BCUT2D eigenvalue weighted by atomic mass is 10.2. The molecule has 90 valence electrons. The van der Waals surface area contributed by atoms with Gasteiger partial charge in [0, 0.05) is 24.0 Å². The van der Waals surface area contributed by atoms with E-state index in [1.54, 1.807) is 7.11 Å². The van der Waals surface area contributed by atoms with Crippen molar-refractivity contribution in [1.29, 1.82) is 0 Å². The van der Waals surface area contributed by atoms with E-state index in [0.717, 1.165) is 17.9 Å². The lowest BCUT2D eigenvalue weighted by Gasteiger charge is -2.20. The average Bonchev–Trinajstić information content (AvgIpc) is 2.29. The molecule has 0 aliphatic heterocycles. The van der Waals surface area contributed by atoms with Gasteiger partial charge >= 0.3 is 0 Å². The summed E-state index contributed by atoms with van der Waals surface area (Å²) in [6.07, 6.45) is -0.334. The van der Waals surface area contributed by atoms with Crippen LogP contribution in [0.3, 0.4) is 0 Å². The molecule has 1 aromatic carbocycles. The minimum Gasteiger partial charge on any atom is -0.496 e. The van der Waals surface area contributed by atoms with Crippen LogP contribution in [0.15, 0.2) is 24.3 Å². The molecule has 0 radical (unpaired) electrons. The smallest absolute Gasteiger partial charge is 0.123 e. The van der Waals surface area contributed by atoms with Crippen molar-refractivity contribution in [2.24, 2.45) is 0 Å². The third kappa shape index (κ3) is 4.12. The molecule has 16 heavy (non-hydrogen) atoms. The molecular formula is C12H18BrNO2. The Morgan fingerprint density at radius 1 is 1.44 bits per heavy atom. The van der Waals surface area contributed by atoms with Gasteiger partial charge in [0.1, 0.15) is 5.75 Å². The number of methoxy groups -OCH3 is 1. The second-order valence-electron chi connectivity index (χ2n) is 3.82. The maximum Gasteiger partial charge on any atom is 0.123 e. The zero-order valence-corrected chi connectivity index (χ0v) is 11.3. The number of nitrogens with zero attached hydrogens (tertiary/aromatic N) is 1. The fourth-order valence-corrected chi connectivity index (χ4v) is 1.80. The molecule has 0 aromatic heterocycles. The van der Waals surface area contributed by atoms with Gasteiger partial charge < -0.3 is 9.84 Å². The van der Waals surface area contributed by atoms with E-state index in [2.05, 4.69) is 20.8 Å². The average molecular weight is 288 g/mol. The molecular weight excluding hydrogens is 270 g/mol. The molecule has 0 aliphatic carbocycles. The van der Waals surface area contributed by atoms with Crippen molar-refractivity contribution >= 4 is 15.9 Å². The summed E-state index contributed by atoms with van der Waals surface area (Å²) >= 11 is 3.26. The van der Waals surface area contributed by atoms with Gasteiger partial charge in [0.25, 0.3) is 0 Å². The van der Waals surface area contributed by atoms with Crippen molar-refractivity contribution in [1.82, 2.24) is 4.90 Å². The number of hydrogen-bond acceptors (Lipinski definition) is 3. The van der Waals surface area contributed by atoms with E-state index in [0.29, 0.717) is 11.9 Å². The summed E-state index contributed by atoms with van der Waals surface area (Å²) < 4.78 is 5.28. The standard InChI is InChI=1S/C12H18BrNO2/c1-14(9-11(15)7-13)8-10-5-3-4-6-12(10)16-2/h3-6,11,15H,7-9H2,1-2H3. The number of aliphatic hydroxyl groups excluding tert-OH is 1. The summed E-state index contributed by atoms with van der Waals surface area (Å²) in [5, 5.41) is 10.1. The van der Waals surface area contributed by atoms with Crippen LogP contribution in [-0.4, -0.2) is 42.1 Å². The molecule has 0 fully saturated rings. The first-order valence-corrected chi connectivity index (χ1v) is 6.34. The first kappa shape index (κ1) is 13.5. The number of likely N-dealkylation sites (N-methyl/N-ethyl adjacent to an activating group) is 1. The topological polar surface area (TPSA) is 32.7 Å². The Kier molecular flexibility index (Phi) is 5.80. The molecule has 0 spiro atoms. The normalized spacial score (nSPS) is 12.8. The largest absolute Gasteiger partial charge is 0.496 e. The van der Waals surface area contributed by atoms with Crippen molar-refractivity contribution in [2.45, 2.75) is 12.6 Å². The maximum absolute atomic E-state index is 9.51. The Bertz CT molecular complexity index is 320. The highest BCUT2D eigenvalue weighted by molar-refractivity contribution is 9.09. The molecule has 0 saturated heterocycles. The Hall–Kier alpha value is -0.580. The molecule has 1 atom stereocenters. The van der Waals surface area contributed by atoms with Gasteiger partial charge in [0.15, 0.2) is 0 Å². The van der Waals surface area contributed by atoms with Crippen LogP contribution in [0.5, 0.6) is 5.75 Å². The monoisotopic (exact) mass is 287 g/mol. The number of para-hydroxylation sites is 1. The van der Waals surface area contributed by atoms with Crippen LogP contribution >= 0.6 is 15.9 Å². The summed E-state index contributed by atoms with van der Waals surface area (Å²) in [7, 11) is 3.66. The first-order valence-electron chi connectivity index (χ1n) is 5.21. The Morgan fingerprint density at radius 2 is 2.12 bits per heavy atom. The van der Waals surface area contributed by atoms with Crippen LogP contribution in [0, 0.1) is 0 Å². The SMILES string of the molecule is COc1ccccc1CN(C)CC(O)CBr. The highest BCUT2D eigenvalue weighted by Gasteiger charge is 2.09. The van der Waals surface area contributed by atoms with Crippen molar-refractivity contribution < 1.29 is 9.84 Å². The van der Waals surface area contributed by atoms with Gasteiger partial charge in [-0.2, -0.15) is 0 Å². The van der Waals surface area contributed by atoms with E-state index in [4.69, 9.17) is 4.74 Å². The zero-order valence-electron chi connectivity index (χ0n) is 9.69. The molecule has 0 amide bonds. The van der Waals surface area contributed by atoms with Gasteiger partial charge in [-0.05, 0) is 13.1 Å². The second-order valence-corrected chi connectivity index (χ2v) is 4.46. The quantitative estimate of drug-likeness (QED) is 0.811. The van der Waals surface area contributed by atoms with Crippen molar-refractivity contribution in [3.63, 3.8) is 0 Å². The molecule has 1 N–H and O–H groups in total. The van der Waals surface area contributed by atoms with Crippen LogP contribution in [0.25, 0.3) is 0 Å². The third-order valence-corrected chi connectivity index (χ3v) is 3.08. The Morgan fingerprint density at radius 3 is 2.75 bits per heavy atom. The minimum absolute atomic E-state index is 0.334. The number of hydrogen-bond donors (Lipinski definition) is 1. The fourth-order valence-electron chi connectivity index (χ4n) is 1.60. The first-order chi connectivity index (χ1) is 7.67. The van der Waals surface area contributed by atoms with E-state index in [-0.39, 0.29) is 6.10 Å². The minimum atomic E-state index is -0.334. The molecule has 3 nitrogen and oxygen atoms in total. The van der Waals surface area contributed by atoms with E-state index in [1.165, 1.54) is 0 Å². The number of aliphatic hydroxyl groups is 1. The lowest BCUT2D eigenvalue weighted by molar-refractivity contribution is 0.142. The van der Waals surface area contributed by atoms with Gasteiger partial charge in [-0.3, -0.25) is 4.90 Å². The molecule has 0 heterocycles. The van der Waals surface area contributed by atoms with Gasteiger partial charge in [-0.15, -0.1) is 0 Å². The number of halogens is 1. The highest BCUT2D eigenvalue weighted by Crippen LogP contribution is 2.18. The molecule has 0 saturated carbocycles. The van der Waals surface area contributed by atoms with E-state index >= 15 is 0 Å². The predicted octanol–water partition coefficient (Wildman–Crippen LogP) is 1.88. The predicted molar refractivity (Wildman–Crippen MR) is 69.1 cm³/mol. The third-order valence-electron chi connectivity index (χ3n) is 2.33. The summed E-state index contributed by atoms with van der Waals surface area (Å²) in [4.78, 5) is 2.07. The van der Waals surface area contributed by atoms with Gasteiger partial charge in [0.05, 0.1) is 13.2 Å². The number of alkyl halides is 1. The van der Waals surface area contributed by atoms with Crippen LogP contribution < -0.4 is 4.74 Å². The number of ether oxygens (including phenoxy) is 1. The Labute approximate surface area is 105 Å². The molecule has 1 rings (SSSR count). The van der Waals surface area contributed by atoms with Gasteiger partial charge in [-0.25, -0.2) is 0 Å². The van der Waals surface area contributed by atoms with E-state index < -0.39 is 0 Å². The fraction of sp³-hybridized carbons (Fsp3) is 0.500. The van der Waals surface area contributed by atoms with Crippen molar-refractivity contribution in [3.8, 4) is 5.75 Å². The van der Waals surface area contributed by atoms with Crippen LogP contribution in [0.1, 0.15) is 5.56 Å². The highest BCUT2D eigenvalue weighted by atomic mass is 79.9. The number of rotatable bonds is 6. The van der Waals surface area contributed by atoms with Crippen molar-refractivity contribution in [3.05, 3.63) is 29.8 Å². The molecule has 0 aliphatic rings. The zero-order chi connectivity index (χ0) is 12.0. The van der Waals surface area contributed by atoms with Gasteiger partial charge in [-0.1, -0.05) is 34.1 Å². The van der Waals surface area contributed by atoms with Crippen LogP contribution in [0.2, 0.25) is 0 Å². The Balaban J connectivity index is 2.58. The number of benzene rings is 1. The van der Waals surface area contributed by atoms with E-state index in [9.17, 15) is 5.11 Å². The summed E-state index contributed by atoms with van der Waals surface area (Å²) in [5.74, 6) is 0.891. The molecule has 4 heteroatoms. The van der Waals surface area contributed by atoms with E-state index in [1.807, 2.05) is 31.3 Å². The van der Waals surface area contributed by atoms with Crippen LogP contribution in [-0.2, 0) is 6.54 Å².